The molecule has 0 aliphatic carbocycles. The Kier molecular flexibility index (Phi) is 4.71. The molecule has 1 aromatic rings. The molecule has 1 rings (SSSR count). The lowest BCUT2D eigenvalue weighted by molar-refractivity contribution is -0.142. The van der Waals surface area contributed by atoms with Crippen LogP contribution in [-0.2, 0) is 9.53 Å². The van der Waals surface area contributed by atoms with Crippen LogP contribution in [0.25, 0.3) is 0 Å². The average molecular weight is 251 g/mol. The van der Waals surface area contributed by atoms with E-state index < -0.39 is 12.0 Å². The zero-order valence-electron chi connectivity index (χ0n) is 10.6. The lowest BCUT2D eigenvalue weighted by Crippen LogP contribution is -2.35. The fourth-order valence-electron chi connectivity index (χ4n) is 1.55. The summed E-state index contributed by atoms with van der Waals surface area (Å²) in [6.45, 7) is 3.77. The molecule has 0 radical (unpaired) electrons. The van der Waals surface area contributed by atoms with Crippen LogP contribution < -0.4 is 5.32 Å². The maximum atomic E-state index is 11.6. The molecule has 0 fully saturated rings. The highest BCUT2D eigenvalue weighted by Crippen LogP contribution is 2.15. The molecule has 0 aromatic heterocycles. The van der Waals surface area contributed by atoms with E-state index in [1.165, 1.54) is 19.2 Å². The predicted octanol–water partition coefficient (Wildman–Crippen LogP) is 1.99. The molecule has 5 nitrogen and oxygen atoms in total. The van der Waals surface area contributed by atoms with Crippen molar-refractivity contribution in [1.82, 2.24) is 0 Å². The number of nitrogens with one attached hydrogen (secondary N) is 1. The molecule has 0 heterocycles. The Morgan fingerprint density at radius 2 is 2.00 bits per heavy atom. The van der Waals surface area contributed by atoms with Gasteiger partial charge in [0.05, 0.1) is 12.7 Å². The second kappa shape index (κ2) is 6.05. The number of carboxylic acids is 1. The fraction of sp³-hybridized carbons (Fsp3) is 0.385. The Hall–Kier alpha value is -2.04. The molecule has 1 unspecified atom stereocenters. The molecule has 0 bridgehead atoms. The molecule has 98 valence electrons. The Morgan fingerprint density at radius 3 is 2.50 bits per heavy atom. The Morgan fingerprint density at radius 1 is 1.33 bits per heavy atom. The van der Waals surface area contributed by atoms with E-state index in [4.69, 9.17) is 9.84 Å². The summed E-state index contributed by atoms with van der Waals surface area (Å²) in [7, 11) is 1.33. The molecule has 2 N–H and O–H groups in total. The third-order valence-electron chi connectivity index (χ3n) is 2.55. The van der Waals surface area contributed by atoms with Crippen LogP contribution >= 0.6 is 0 Å². The summed E-state index contributed by atoms with van der Waals surface area (Å²) in [5.74, 6) is -1.34. The molecule has 0 saturated heterocycles. The van der Waals surface area contributed by atoms with Gasteiger partial charge in [-0.25, -0.2) is 9.59 Å². The van der Waals surface area contributed by atoms with Crippen molar-refractivity contribution in [2.45, 2.75) is 19.9 Å². The number of carbonyl (C=O) groups excluding carboxylic acids is 1. The quantitative estimate of drug-likeness (QED) is 0.783. The van der Waals surface area contributed by atoms with E-state index >= 15 is 0 Å². The number of methoxy groups -OCH3 is 1. The third-order valence-corrected chi connectivity index (χ3v) is 2.55. The highest BCUT2D eigenvalue weighted by atomic mass is 16.5. The highest BCUT2D eigenvalue weighted by molar-refractivity contribution is 5.89. The summed E-state index contributed by atoms with van der Waals surface area (Å²) in [4.78, 5) is 22.4. The van der Waals surface area contributed by atoms with Crippen molar-refractivity contribution >= 4 is 17.6 Å². The van der Waals surface area contributed by atoms with E-state index in [2.05, 4.69) is 5.32 Å². The van der Waals surface area contributed by atoms with Crippen molar-refractivity contribution < 1.29 is 19.4 Å². The molecular weight excluding hydrogens is 234 g/mol. The summed E-state index contributed by atoms with van der Waals surface area (Å²) in [5, 5.41) is 11.9. The van der Waals surface area contributed by atoms with Crippen LogP contribution in [0.2, 0.25) is 0 Å². The van der Waals surface area contributed by atoms with Gasteiger partial charge in [0, 0.05) is 5.69 Å². The Bertz CT molecular complexity index is 442. The third kappa shape index (κ3) is 3.48. The van der Waals surface area contributed by atoms with Crippen molar-refractivity contribution in [2.75, 3.05) is 12.4 Å². The van der Waals surface area contributed by atoms with E-state index in [1.807, 2.05) is 13.8 Å². The maximum absolute atomic E-state index is 11.6. The van der Waals surface area contributed by atoms with Gasteiger partial charge in [-0.15, -0.1) is 0 Å². The summed E-state index contributed by atoms with van der Waals surface area (Å²) >= 11 is 0. The first-order valence-electron chi connectivity index (χ1n) is 5.63. The molecule has 0 aliphatic rings. The number of hydrogen-bond donors (Lipinski definition) is 2. The zero-order valence-corrected chi connectivity index (χ0v) is 10.6. The van der Waals surface area contributed by atoms with Crippen LogP contribution in [0.4, 0.5) is 5.69 Å². The second-order valence-electron chi connectivity index (χ2n) is 4.28. The van der Waals surface area contributed by atoms with Gasteiger partial charge in [-0.3, -0.25) is 0 Å². The summed E-state index contributed by atoms with van der Waals surface area (Å²) in [6.07, 6.45) is 0. The number of hydrogen-bond acceptors (Lipinski definition) is 4. The number of aromatic carboxylic acids is 1. The van der Waals surface area contributed by atoms with E-state index in [9.17, 15) is 9.59 Å². The van der Waals surface area contributed by atoms with Crippen molar-refractivity contribution in [1.29, 1.82) is 0 Å². The Labute approximate surface area is 106 Å². The topological polar surface area (TPSA) is 75.6 Å². The van der Waals surface area contributed by atoms with E-state index in [1.54, 1.807) is 12.1 Å². The molecule has 1 aromatic carbocycles. The van der Waals surface area contributed by atoms with Crippen molar-refractivity contribution in [2.24, 2.45) is 5.92 Å². The molecule has 0 saturated carbocycles. The number of esters is 1. The monoisotopic (exact) mass is 251 g/mol. The molecule has 18 heavy (non-hydrogen) atoms. The zero-order chi connectivity index (χ0) is 13.7. The number of anilines is 1. The largest absolute Gasteiger partial charge is 0.478 e. The van der Waals surface area contributed by atoms with Crippen molar-refractivity contribution in [3.05, 3.63) is 29.8 Å². The first-order chi connectivity index (χ1) is 8.45. The first-order valence-corrected chi connectivity index (χ1v) is 5.63. The normalized spacial score (nSPS) is 12.0. The van der Waals surface area contributed by atoms with Gasteiger partial charge in [-0.2, -0.15) is 0 Å². The van der Waals surface area contributed by atoms with E-state index in [0.29, 0.717) is 5.69 Å². The standard InChI is InChI=1S/C13H17NO4/c1-8(2)11(13(17)18-3)14-10-6-4-5-9(7-10)12(15)16/h4-8,11,14H,1-3H3,(H,15,16). The molecule has 0 aliphatic heterocycles. The van der Waals surface area contributed by atoms with Gasteiger partial charge in [-0.05, 0) is 24.1 Å². The molecule has 0 spiro atoms. The minimum atomic E-state index is -1.00. The number of carboxylic acid groups (broad SMARTS) is 1. The van der Waals surface area contributed by atoms with Crippen molar-refractivity contribution in [3.8, 4) is 0 Å². The summed E-state index contributed by atoms with van der Waals surface area (Å²) in [5.41, 5.74) is 0.756. The molecule has 1 atom stereocenters. The van der Waals surface area contributed by atoms with Crippen molar-refractivity contribution in [3.63, 3.8) is 0 Å². The predicted molar refractivity (Wildman–Crippen MR) is 67.7 cm³/mol. The minimum Gasteiger partial charge on any atom is -0.478 e. The van der Waals surface area contributed by atoms with E-state index in [0.717, 1.165) is 0 Å². The van der Waals surface area contributed by atoms with Gasteiger partial charge in [0.1, 0.15) is 6.04 Å². The molecular formula is C13H17NO4. The summed E-state index contributed by atoms with van der Waals surface area (Å²) in [6, 6.07) is 5.82. The van der Waals surface area contributed by atoms with Gasteiger partial charge >= 0.3 is 11.9 Å². The lowest BCUT2D eigenvalue weighted by Gasteiger charge is -2.21. The van der Waals surface area contributed by atoms with Gasteiger partial charge in [0.25, 0.3) is 0 Å². The van der Waals surface area contributed by atoms with Crippen LogP contribution in [0, 0.1) is 5.92 Å². The highest BCUT2D eigenvalue weighted by Gasteiger charge is 2.22. The number of ether oxygens (including phenoxy) is 1. The smallest absolute Gasteiger partial charge is 0.335 e. The van der Waals surface area contributed by atoms with Crippen LogP contribution in [-0.4, -0.2) is 30.2 Å². The summed E-state index contributed by atoms with van der Waals surface area (Å²) < 4.78 is 4.71. The number of rotatable bonds is 5. The Balaban J connectivity index is 2.90. The SMILES string of the molecule is COC(=O)C(Nc1cccc(C(=O)O)c1)C(C)C. The first kappa shape index (κ1) is 14.0. The van der Waals surface area contributed by atoms with Gasteiger partial charge < -0.3 is 15.2 Å². The molecule has 0 amide bonds. The lowest BCUT2D eigenvalue weighted by atomic mass is 10.0. The van der Waals surface area contributed by atoms with Gasteiger partial charge in [0.15, 0.2) is 0 Å². The van der Waals surface area contributed by atoms with Crippen LogP contribution in [0.5, 0.6) is 0 Å². The van der Waals surface area contributed by atoms with Gasteiger partial charge in [-0.1, -0.05) is 19.9 Å². The van der Waals surface area contributed by atoms with Crippen LogP contribution in [0.3, 0.4) is 0 Å². The number of carbonyl (C=O) groups is 2. The van der Waals surface area contributed by atoms with Crippen LogP contribution in [0.1, 0.15) is 24.2 Å². The average Bonchev–Trinajstić information content (AvgIpc) is 2.35. The molecule has 5 heteroatoms. The second-order valence-corrected chi connectivity index (χ2v) is 4.28. The van der Waals surface area contributed by atoms with Crippen LogP contribution in [0.15, 0.2) is 24.3 Å². The van der Waals surface area contributed by atoms with Gasteiger partial charge in [0.2, 0.25) is 0 Å². The fourth-order valence-corrected chi connectivity index (χ4v) is 1.55. The minimum absolute atomic E-state index is 0.0333. The maximum Gasteiger partial charge on any atom is 0.335 e. The number of benzene rings is 1. The van der Waals surface area contributed by atoms with E-state index in [-0.39, 0.29) is 17.5 Å².